The van der Waals surface area contributed by atoms with Crippen molar-refractivity contribution < 1.29 is 9.59 Å². The van der Waals surface area contributed by atoms with Crippen LogP contribution in [0.4, 0.5) is 5.69 Å². The second-order valence-electron chi connectivity index (χ2n) is 7.46. The van der Waals surface area contributed by atoms with E-state index in [-0.39, 0.29) is 17.6 Å². The largest absolute Gasteiger partial charge is 0.352 e. The number of amides is 2. The van der Waals surface area contributed by atoms with Gasteiger partial charge in [0, 0.05) is 31.4 Å². The quantitative estimate of drug-likeness (QED) is 0.608. The molecule has 9 heteroatoms. The first-order valence-electron chi connectivity index (χ1n) is 9.88. The minimum absolute atomic E-state index is 0.122. The predicted molar refractivity (Wildman–Crippen MR) is 114 cm³/mol. The van der Waals surface area contributed by atoms with Crippen molar-refractivity contribution in [3.63, 3.8) is 0 Å². The van der Waals surface area contributed by atoms with Gasteiger partial charge in [0.05, 0.1) is 5.75 Å². The van der Waals surface area contributed by atoms with Crippen LogP contribution in [0.15, 0.2) is 35.7 Å². The average Bonchev–Trinajstić information content (AvgIpc) is 3.36. The molecule has 1 aromatic heterocycles. The third-order valence-electron chi connectivity index (χ3n) is 4.79. The van der Waals surface area contributed by atoms with Gasteiger partial charge in [0.1, 0.15) is 6.33 Å². The van der Waals surface area contributed by atoms with E-state index in [9.17, 15) is 9.59 Å². The predicted octanol–water partition coefficient (Wildman–Crippen LogP) is 2.01. The van der Waals surface area contributed by atoms with Gasteiger partial charge in [-0.2, -0.15) is 0 Å². The number of benzene rings is 1. The van der Waals surface area contributed by atoms with Crippen molar-refractivity contribution in [3.05, 3.63) is 36.2 Å². The van der Waals surface area contributed by atoms with Gasteiger partial charge in [-0.05, 0) is 50.0 Å². The van der Waals surface area contributed by atoms with Crippen LogP contribution in [0.25, 0.3) is 0 Å². The Morgan fingerprint density at radius 1 is 1.28 bits per heavy atom. The van der Waals surface area contributed by atoms with Crippen molar-refractivity contribution >= 4 is 29.3 Å². The second kappa shape index (κ2) is 10.4. The number of carbonyl (C=O) groups is 2. The van der Waals surface area contributed by atoms with E-state index >= 15 is 0 Å². The van der Waals surface area contributed by atoms with Gasteiger partial charge in [0.15, 0.2) is 5.16 Å². The van der Waals surface area contributed by atoms with Crippen molar-refractivity contribution in [1.29, 1.82) is 0 Å². The van der Waals surface area contributed by atoms with Crippen LogP contribution >= 0.6 is 11.8 Å². The summed E-state index contributed by atoms with van der Waals surface area (Å²) in [6.45, 7) is 6.13. The molecule has 0 bridgehead atoms. The van der Waals surface area contributed by atoms with Crippen LogP contribution in [-0.4, -0.2) is 63.4 Å². The SMILES string of the molecule is CC(CNC(=O)c1cccc(NC(=O)CSc2nncn2C)c1)CN1CCCC1. The number of nitrogens with one attached hydrogen (secondary N) is 2. The van der Waals surface area contributed by atoms with Crippen molar-refractivity contribution in [1.82, 2.24) is 25.0 Å². The standard InChI is InChI=1S/C20H28N6O2S/c1-15(12-26-8-3-4-9-26)11-21-19(28)16-6-5-7-17(10-16)23-18(27)13-29-20-24-22-14-25(20)2/h5-7,10,14-15H,3-4,8-9,11-13H2,1-2H3,(H,21,28)(H,23,27). The highest BCUT2D eigenvalue weighted by Crippen LogP contribution is 2.16. The van der Waals surface area contributed by atoms with Crippen LogP contribution in [-0.2, 0) is 11.8 Å². The molecule has 0 radical (unpaired) electrons. The highest BCUT2D eigenvalue weighted by molar-refractivity contribution is 7.99. The van der Waals surface area contributed by atoms with E-state index in [1.165, 1.54) is 24.6 Å². The van der Waals surface area contributed by atoms with E-state index in [0.717, 1.165) is 19.6 Å². The van der Waals surface area contributed by atoms with Crippen LogP contribution in [0.5, 0.6) is 0 Å². The lowest BCUT2D eigenvalue weighted by Gasteiger charge is -2.20. The monoisotopic (exact) mass is 416 g/mol. The van der Waals surface area contributed by atoms with Gasteiger partial charge in [0.25, 0.3) is 5.91 Å². The molecule has 0 spiro atoms. The topological polar surface area (TPSA) is 92.1 Å². The number of carbonyl (C=O) groups excluding carboxylic acids is 2. The molecular formula is C20H28N6O2S. The number of thioether (sulfide) groups is 1. The van der Waals surface area contributed by atoms with Crippen LogP contribution < -0.4 is 10.6 Å². The van der Waals surface area contributed by atoms with Gasteiger partial charge < -0.3 is 20.1 Å². The van der Waals surface area contributed by atoms with E-state index in [1.54, 1.807) is 35.2 Å². The van der Waals surface area contributed by atoms with Crippen molar-refractivity contribution in [2.45, 2.75) is 24.9 Å². The Kier molecular flexibility index (Phi) is 7.65. The number of likely N-dealkylation sites (tertiary alicyclic amines) is 1. The Labute approximate surface area is 175 Å². The Morgan fingerprint density at radius 3 is 2.79 bits per heavy atom. The maximum Gasteiger partial charge on any atom is 0.251 e. The first-order chi connectivity index (χ1) is 14.0. The number of aromatic nitrogens is 3. The summed E-state index contributed by atoms with van der Waals surface area (Å²) in [4.78, 5) is 27.1. The Hall–Kier alpha value is -2.39. The molecule has 1 atom stereocenters. The molecule has 0 aliphatic carbocycles. The first-order valence-corrected chi connectivity index (χ1v) is 10.9. The molecule has 3 rings (SSSR count). The number of hydrogen-bond acceptors (Lipinski definition) is 6. The Bertz CT molecular complexity index is 834. The number of hydrogen-bond donors (Lipinski definition) is 2. The molecule has 1 aliphatic rings. The molecule has 1 unspecified atom stereocenters. The second-order valence-corrected chi connectivity index (χ2v) is 8.41. The molecule has 8 nitrogen and oxygen atoms in total. The lowest BCUT2D eigenvalue weighted by molar-refractivity contribution is -0.113. The minimum atomic E-state index is -0.158. The molecule has 29 heavy (non-hydrogen) atoms. The van der Waals surface area contributed by atoms with Gasteiger partial charge in [-0.15, -0.1) is 10.2 Å². The Morgan fingerprint density at radius 2 is 2.07 bits per heavy atom. The van der Waals surface area contributed by atoms with Crippen molar-refractivity contribution in [2.24, 2.45) is 13.0 Å². The summed E-state index contributed by atoms with van der Waals surface area (Å²) in [6.07, 6.45) is 4.14. The third-order valence-corrected chi connectivity index (χ3v) is 5.82. The number of aryl methyl sites for hydroxylation is 1. The van der Waals surface area contributed by atoms with Crippen LogP contribution in [0.1, 0.15) is 30.1 Å². The molecule has 2 aromatic rings. The maximum absolute atomic E-state index is 12.5. The zero-order valence-corrected chi connectivity index (χ0v) is 17.7. The molecule has 2 amide bonds. The first kappa shape index (κ1) is 21.3. The number of nitrogens with zero attached hydrogens (tertiary/aromatic N) is 4. The van der Waals surface area contributed by atoms with E-state index in [4.69, 9.17) is 0 Å². The lowest BCUT2D eigenvalue weighted by Crippen LogP contribution is -2.34. The van der Waals surface area contributed by atoms with E-state index in [1.807, 2.05) is 7.05 Å². The molecule has 1 saturated heterocycles. The molecule has 1 fully saturated rings. The van der Waals surface area contributed by atoms with Gasteiger partial charge in [-0.25, -0.2) is 0 Å². The van der Waals surface area contributed by atoms with E-state index in [2.05, 4.69) is 32.7 Å². The van der Waals surface area contributed by atoms with E-state index in [0.29, 0.717) is 28.9 Å². The van der Waals surface area contributed by atoms with Gasteiger partial charge in [-0.1, -0.05) is 24.8 Å². The van der Waals surface area contributed by atoms with Gasteiger partial charge >= 0.3 is 0 Å². The number of anilines is 1. The normalized spacial score (nSPS) is 15.2. The fraction of sp³-hybridized carbons (Fsp3) is 0.500. The molecule has 2 N–H and O–H groups in total. The molecule has 2 heterocycles. The minimum Gasteiger partial charge on any atom is -0.352 e. The summed E-state index contributed by atoms with van der Waals surface area (Å²) in [7, 11) is 1.83. The molecule has 156 valence electrons. The van der Waals surface area contributed by atoms with Gasteiger partial charge in [0.2, 0.25) is 5.91 Å². The van der Waals surface area contributed by atoms with Crippen LogP contribution in [0, 0.1) is 5.92 Å². The van der Waals surface area contributed by atoms with Crippen molar-refractivity contribution in [3.8, 4) is 0 Å². The highest BCUT2D eigenvalue weighted by atomic mass is 32.2. The summed E-state index contributed by atoms with van der Waals surface area (Å²) in [5, 5.41) is 14.2. The summed E-state index contributed by atoms with van der Waals surface area (Å²) in [6, 6.07) is 7.00. The van der Waals surface area contributed by atoms with Crippen LogP contribution in [0.2, 0.25) is 0 Å². The molecule has 1 aromatic carbocycles. The van der Waals surface area contributed by atoms with Gasteiger partial charge in [-0.3, -0.25) is 9.59 Å². The van der Waals surface area contributed by atoms with Crippen LogP contribution in [0.3, 0.4) is 0 Å². The lowest BCUT2D eigenvalue weighted by atomic mass is 10.1. The van der Waals surface area contributed by atoms with Crippen molar-refractivity contribution in [2.75, 3.05) is 37.2 Å². The average molecular weight is 417 g/mol. The number of rotatable bonds is 9. The fourth-order valence-electron chi connectivity index (χ4n) is 3.31. The zero-order valence-electron chi connectivity index (χ0n) is 16.9. The molecule has 0 saturated carbocycles. The Balaban J connectivity index is 1.45. The zero-order chi connectivity index (χ0) is 20.6. The summed E-state index contributed by atoms with van der Waals surface area (Å²) >= 11 is 1.31. The highest BCUT2D eigenvalue weighted by Gasteiger charge is 2.16. The van der Waals surface area contributed by atoms with E-state index < -0.39 is 0 Å². The smallest absolute Gasteiger partial charge is 0.251 e. The summed E-state index contributed by atoms with van der Waals surface area (Å²) in [5.41, 5.74) is 1.14. The third kappa shape index (κ3) is 6.57. The summed E-state index contributed by atoms with van der Waals surface area (Å²) < 4.78 is 1.76. The molecular weight excluding hydrogens is 388 g/mol. The fourth-order valence-corrected chi connectivity index (χ4v) is 4.00. The molecule has 1 aliphatic heterocycles. The summed E-state index contributed by atoms with van der Waals surface area (Å²) in [5.74, 6) is 0.340. The maximum atomic E-state index is 12.5.